The van der Waals surface area contributed by atoms with E-state index in [1.54, 1.807) is 0 Å². The molecule has 0 saturated carbocycles. The van der Waals surface area contributed by atoms with E-state index >= 15 is 0 Å². The zero-order valence-electron chi connectivity index (χ0n) is 11.3. The standard InChI is InChI=1S/C15H14N2O4/c1-3-12-13(19-7-18-12)5-8(1)14-16-17-15(21-14)10-6-9-2-4-11(10)20-9/h1,3,5,9-11H,2,4,6-7H2/t9-,10-,11+/m1/s1. The first kappa shape index (κ1) is 11.6. The summed E-state index contributed by atoms with van der Waals surface area (Å²) in [5.74, 6) is 2.93. The summed E-state index contributed by atoms with van der Waals surface area (Å²) in [6.07, 6.45) is 3.87. The van der Waals surface area contributed by atoms with Crippen LogP contribution in [-0.2, 0) is 4.74 Å². The summed E-state index contributed by atoms with van der Waals surface area (Å²) >= 11 is 0. The van der Waals surface area contributed by atoms with Crippen LogP contribution < -0.4 is 9.47 Å². The second-order valence-corrected chi connectivity index (χ2v) is 5.73. The average molecular weight is 286 g/mol. The van der Waals surface area contributed by atoms with E-state index in [-0.39, 0.29) is 18.8 Å². The highest BCUT2D eigenvalue weighted by Gasteiger charge is 2.44. The van der Waals surface area contributed by atoms with Crippen molar-refractivity contribution in [3.63, 3.8) is 0 Å². The Morgan fingerprint density at radius 1 is 1.05 bits per heavy atom. The number of fused-ring (bicyclic) bond motifs is 3. The molecule has 2 fully saturated rings. The van der Waals surface area contributed by atoms with E-state index in [9.17, 15) is 0 Å². The summed E-state index contributed by atoms with van der Waals surface area (Å²) in [5.41, 5.74) is 0.849. The van der Waals surface area contributed by atoms with Crippen molar-refractivity contribution in [1.29, 1.82) is 0 Å². The van der Waals surface area contributed by atoms with Gasteiger partial charge in [0.1, 0.15) is 0 Å². The lowest BCUT2D eigenvalue weighted by Gasteiger charge is -2.13. The third kappa shape index (κ3) is 1.75. The van der Waals surface area contributed by atoms with Gasteiger partial charge in [0.05, 0.1) is 18.1 Å². The Morgan fingerprint density at radius 3 is 2.86 bits per heavy atom. The van der Waals surface area contributed by atoms with E-state index < -0.39 is 0 Å². The predicted molar refractivity (Wildman–Crippen MR) is 71.1 cm³/mol. The first-order valence-electron chi connectivity index (χ1n) is 7.26. The minimum atomic E-state index is 0.249. The molecule has 0 N–H and O–H groups in total. The van der Waals surface area contributed by atoms with E-state index in [2.05, 4.69) is 10.2 Å². The highest BCUT2D eigenvalue weighted by atomic mass is 16.7. The topological polar surface area (TPSA) is 66.6 Å². The van der Waals surface area contributed by atoms with Gasteiger partial charge in [-0.05, 0) is 37.5 Å². The van der Waals surface area contributed by atoms with Crippen molar-refractivity contribution in [1.82, 2.24) is 10.2 Å². The van der Waals surface area contributed by atoms with Gasteiger partial charge in [-0.3, -0.25) is 0 Å². The molecule has 0 aliphatic carbocycles. The summed E-state index contributed by atoms with van der Waals surface area (Å²) in [7, 11) is 0. The number of hydrogen-bond donors (Lipinski definition) is 0. The zero-order chi connectivity index (χ0) is 13.8. The van der Waals surface area contributed by atoms with Crippen LogP contribution in [0.15, 0.2) is 22.6 Å². The van der Waals surface area contributed by atoms with Crippen molar-refractivity contribution in [3.05, 3.63) is 24.1 Å². The molecule has 3 aliphatic heterocycles. The number of hydrogen-bond acceptors (Lipinski definition) is 6. The van der Waals surface area contributed by atoms with Gasteiger partial charge in [-0.25, -0.2) is 0 Å². The molecule has 3 atom stereocenters. The Labute approximate surface area is 121 Å². The van der Waals surface area contributed by atoms with Gasteiger partial charge in [0.25, 0.3) is 0 Å². The summed E-state index contributed by atoms with van der Waals surface area (Å²) in [6.45, 7) is 0.260. The van der Waals surface area contributed by atoms with Gasteiger partial charge in [-0.15, -0.1) is 10.2 Å². The second-order valence-electron chi connectivity index (χ2n) is 5.73. The number of rotatable bonds is 2. The van der Waals surface area contributed by atoms with Crippen molar-refractivity contribution in [3.8, 4) is 23.0 Å². The Morgan fingerprint density at radius 2 is 2.00 bits per heavy atom. The normalized spacial score (nSPS) is 29.2. The summed E-state index contributed by atoms with van der Waals surface area (Å²) in [4.78, 5) is 0. The Bertz CT molecular complexity index is 699. The lowest BCUT2D eigenvalue weighted by molar-refractivity contribution is 0.0982. The van der Waals surface area contributed by atoms with E-state index in [1.165, 1.54) is 0 Å². The smallest absolute Gasteiger partial charge is 0.247 e. The zero-order valence-corrected chi connectivity index (χ0v) is 11.3. The summed E-state index contributed by atoms with van der Waals surface area (Å²) < 4.78 is 22.4. The molecule has 108 valence electrons. The second kappa shape index (κ2) is 4.21. The van der Waals surface area contributed by atoms with Gasteiger partial charge in [0.2, 0.25) is 18.6 Å². The highest BCUT2D eigenvalue weighted by molar-refractivity contribution is 5.60. The molecule has 2 aromatic rings. The largest absolute Gasteiger partial charge is 0.454 e. The van der Waals surface area contributed by atoms with E-state index in [1.807, 2.05) is 18.2 Å². The van der Waals surface area contributed by atoms with Gasteiger partial charge in [0, 0.05) is 5.56 Å². The fourth-order valence-corrected chi connectivity index (χ4v) is 3.43. The minimum absolute atomic E-state index is 0.249. The lowest BCUT2D eigenvalue weighted by atomic mass is 9.89. The molecular formula is C15H14N2O4. The molecule has 5 rings (SSSR count). The van der Waals surface area contributed by atoms with Gasteiger partial charge < -0.3 is 18.6 Å². The van der Waals surface area contributed by atoms with Gasteiger partial charge in [-0.1, -0.05) is 0 Å². The monoisotopic (exact) mass is 286 g/mol. The third-order valence-corrected chi connectivity index (χ3v) is 4.48. The van der Waals surface area contributed by atoms with E-state index in [4.69, 9.17) is 18.6 Å². The molecule has 3 aliphatic rings. The maximum Gasteiger partial charge on any atom is 0.247 e. The molecule has 1 aromatic heterocycles. The summed E-state index contributed by atoms with van der Waals surface area (Å²) in [6, 6.07) is 5.64. The molecule has 2 saturated heterocycles. The van der Waals surface area contributed by atoms with Crippen LogP contribution >= 0.6 is 0 Å². The van der Waals surface area contributed by atoms with Crippen molar-refractivity contribution in [2.75, 3.05) is 6.79 Å². The van der Waals surface area contributed by atoms with Crippen LogP contribution in [0.3, 0.4) is 0 Å². The molecule has 2 bridgehead atoms. The molecule has 6 nitrogen and oxygen atoms in total. The number of nitrogens with zero attached hydrogens (tertiary/aromatic N) is 2. The van der Waals surface area contributed by atoms with Crippen LogP contribution in [0, 0.1) is 0 Å². The molecule has 1 aromatic carbocycles. The van der Waals surface area contributed by atoms with Gasteiger partial charge in [0.15, 0.2) is 11.5 Å². The molecule has 4 heterocycles. The maximum atomic E-state index is 5.87. The Kier molecular flexibility index (Phi) is 2.32. The third-order valence-electron chi connectivity index (χ3n) is 4.48. The highest BCUT2D eigenvalue weighted by Crippen LogP contribution is 2.44. The van der Waals surface area contributed by atoms with E-state index in [0.717, 1.165) is 36.3 Å². The first-order chi connectivity index (χ1) is 10.4. The van der Waals surface area contributed by atoms with Crippen LogP contribution in [0.2, 0.25) is 0 Å². The molecule has 21 heavy (non-hydrogen) atoms. The van der Waals surface area contributed by atoms with Crippen molar-refractivity contribution in [2.24, 2.45) is 0 Å². The Hall–Kier alpha value is -2.08. The van der Waals surface area contributed by atoms with Crippen LogP contribution in [0.5, 0.6) is 11.5 Å². The average Bonchev–Trinajstić information content (AvgIpc) is 3.27. The first-order valence-corrected chi connectivity index (χ1v) is 7.26. The quantitative estimate of drug-likeness (QED) is 0.845. The minimum Gasteiger partial charge on any atom is -0.454 e. The predicted octanol–water partition coefficient (Wildman–Crippen LogP) is 2.50. The molecular weight excluding hydrogens is 272 g/mol. The molecule has 0 spiro atoms. The van der Waals surface area contributed by atoms with Crippen LogP contribution in [0.1, 0.15) is 31.1 Å². The van der Waals surface area contributed by atoms with Crippen molar-refractivity contribution in [2.45, 2.75) is 37.4 Å². The van der Waals surface area contributed by atoms with Crippen LogP contribution in [0.25, 0.3) is 11.5 Å². The maximum absolute atomic E-state index is 5.87. The molecule has 0 unspecified atom stereocenters. The number of ether oxygens (including phenoxy) is 3. The lowest BCUT2D eigenvalue weighted by Crippen LogP contribution is -2.14. The molecule has 0 amide bonds. The number of benzene rings is 1. The van der Waals surface area contributed by atoms with Gasteiger partial charge in [-0.2, -0.15) is 0 Å². The fourth-order valence-electron chi connectivity index (χ4n) is 3.43. The van der Waals surface area contributed by atoms with Crippen molar-refractivity contribution >= 4 is 0 Å². The number of aromatic nitrogens is 2. The molecule has 6 heteroatoms. The Balaban J connectivity index is 1.45. The molecule has 0 radical (unpaired) electrons. The van der Waals surface area contributed by atoms with Crippen LogP contribution in [0.4, 0.5) is 0 Å². The van der Waals surface area contributed by atoms with Crippen molar-refractivity contribution < 1.29 is 18.6 Å². The summed E-state index contributed by atoms with van der Waals surface area (Å²) in [5, 5.41) is 8.39. The van der Waals surface area contributed by atoms with Gasteiger partial charge >= 0.3 is 0 Å². The van der Waals surface area contributed by atoms with E-state index in [0.29, 0.717) is 17.9 Å². The van der Waals surface area contributed by atoms with Crippen LogP contribution in [-0.4, -0.2) is 29.2 Å². The SMILES string of the molecule is c1cc2c(cc1-c1nnc([C@@H]3C[C@H]4CC[C@@H]3O4)o1)OCO2. The fraction of sp³-hybridized carbons (Fsp3) is 0.467.